The maximum absolute atomic E-state index is 13.0. The number of H-pyrrole nitrogens is 1. The van der Waals surface area contributed by atoms with Gasteiger partial charge in [-0.25, -0.2) is 4.98 Å². The van der Waals surface area contributed by atoms with Crippen LogP contribution >= 0.6 is 11.6 Å². The number of aromatic amines is 1. The Morgan fingerprint density at radius 1 is 0.862 bits per heavy atom. The summed E-state index contributed by atoms with van der Waals surface area (Å²) < 4.78 is 0. The van der Waals surface area contributed by atoms with Crippen LogP contribution in [0.25, 0.3) is 44.2 Å². The van der Waals surface area contributed by atoms with Crippen molar-refractivity contribution < 1.29 is 0 Å². The minimum Gasteiger partial charge on any atom is -0.321 e. The Kier molecular flexibility index (Phi) is 4.18. The van der Waals surface area contributed by atoms with E-state index in [0.717, 1.165) is 38.5 Å². The van der Waals surface area contributed by atoms with E-state index in [0.29, 0.717) is 16.3 Å². The number of nitrogens with zero attached hydrogens (tertiary/aromatic N) is 1. The van der Waals surface area contributed by atoms with Gasteiger partial charge >= 0.3 is 0 Å². The standard InChI is InChI=1S/C25H17ClN2O/c1-15-18-9-5-6-10-21(18)28-25(29)24(15)23-14-19(16-7-3-2-4-8-16)20-13-17(26)11-12-22(20)27-23/h2-14H,1H3,(H,28,29). The maximum Gasteiger partial charge on any atom is 0.258 e. The average molecular weight is 397 g/mol. The van der Waals surface area contributed by atoms with Gasteiger partial charge in [0.25, 0.3) is 5.56 Å². The lowest BCUT2D eigenvalue weighted by Crippen LogP contribution is -2.12. The van der Waals surface area contributed by atoms with Crippen LogP contribution in [-0.2, 0) is 0 Å². The maximum atomic E-state index is 13.0. The molecule has 0 saturated heterocycles. The molecule has 0 bridgehead atoms. The van der Waals surface area contributed by atoms with Crippen LogP contribution in [0.15, 0.2) is 83.7 Å². The summed E-state index contributed by atoms with van der Waals surface area (Å²) in [5.74, 6) is 0. The van der Waals surface area contributed by atoms with E-state index in [1.807, 2.05) is 73.7 Å². The number of fused-ring (bicyclic) bond motifs is 2. The molecule has 0 fully saturated rings. The second-order valence-corrected chi connectivity index (χ2v) is 7.52. The molecule has 0 spiro atoms. The minimum atomic E-state index is -0.138. The highest BCUT2D eigenvalue weighted by Gasteiger charge is 2.16. The van der Waals surface area contributed by atoms with Crippen molar-refractivity contribution in [1.82, 2.24) is 9.97 Å². The number of aryl methyl sites for hydroxylation is 1. The van der Waals surface area contributed by atoms with Crippen LogP contribution in [0.2, 0.25) is 5.02 Å². The van der Waals surface area contributed by atoms with E-state index in [2.05, 4.69) is 17.1 Å². The van der Waals surface area contributed by atoms with Gasteiger partial charge in [0.2, 0.25) is 0 Å². The second-order valence-electron chi connectivity index (χ2n) is 7.08. The number of halogens is 1. The van der Waals surface area contributed by atoms with Crippen molar-refractivity contribution in [3.8, 4) is 22.4 Å². The molecule has 0 aliphatic rings. The van der Waals surface area contributed by atoms with Crippen LogP contribution in [0.4, 0.5) is 0 Å². The van der Waals surface area contributed by atoms with Gasteiger partial charge in [0.1, 0.15) is 0 Å². The second kappa shape index (κ2) is 6.87. The van der Waals surface area contributed by atoms with Crippen LogP contribution in [0.1, 0.15) is 5.56 Å². The first kappa shape index (κ1) is 17.7. The first-order valence-electron chi connectivity index (χ1n) is 9.39. The van der Waals surface area contributed by atoms with Crippen molar-refractivity contribution in [1.29, 1.82) is 0 Å². The molecule has 2 aromatic heterocycles. The normalized spacial score (nSPS) is 11.2. The fourth-order valence-electron chi connectivity index (χ4n) is 3.90. The lowest BCUT2D eigenvalue weighted by Gasteiger charge is -2.13. The summed E-state index contributed by atoms with van der Waals surface area (Å²) >= 11 is 6.27. The van der Waals surface area contributed by atoms with Gasteiger partial charge in [0, 0.05) is 21.3 Å². The third kappa shape index (κ3) is 3.00. The predicted molar refractivity (Wildman–Crippen MR) is 120 cm³/mol. The molecule has 0 aliphatic heterocycles. The number of pyridine rings is 2. The molecular formula is C25H17ClN2O. The van der Waals surface area contributed by atoms with Crippen molar-refractivity contribution in [2.24, 2.45) is 0 Å². The Balaban J connectivity index is 1.87. The largest absolute Gasteiger partial charge is 0.321 e. The van der Waals surface area contributed by atoms with E-state index in [1.54, 1.807) is 0 Å². The van der Waals surface area contributed by atoms with Crippen molar-refractivity contribution in [2.45, 2.75) is 6.92 Å². The molecule has 4 heteroatoms. The Labute approximate surface area is 172 Å². The number of hydrogen-bond acceptors (Lipinski definition) is 2. The highest BCUT2D eigenvalue weighted by Crippen LogP contribution is 2.34. The van der Waals surface area contributed by atoms with E-state index in [4.69, 9.17) is 16.6 Å². The van der Waals surface area contributed by atoms with E-state index in [1.165, 1.54) is 0 Å². The molecule has 29 heavy (non-hydrogen) atoms. The lowest BCUT2D eigenvalue weighted by molar-refractivity contribution is 1.25. The molecule has 3 aromatic carbocycles. The zero-order chi connectivity index (χ0) is 20.0. The Morgan fingerprint density at radius 2 is 1.62 bits per heavy atom. The predicted octanol–water partition coefficient (Wildman–Crippen LogP) is 6.37. The zero-order valence-corrected chi connectivity index (χ0v) is 16.5. The van der Waals surface area contributed by atoms with Crippen LogP contribution in [0.3, 0.4) is 0 Å². The first-order valence-corrected chi connectivity index (χ1v) is 9.77. The molecule has 0 atom stereocenters. The van der Waals surface area contributed by atoms with E-state index < -0.39 is 0 Å². The molecule has 2 heterocycles. The number of rotatable bonds is 2. The van der Waals surface area contributed by atoms with Gasteiger partial charge < -0.3 is 4.98 Å². The van der Waals surface area contributed by atoms with E-state index in [-0.39, 0.29) is 5.56 Å². The number of aromatic nitrogens is 2. The molecule has 3 nitrogen and oxygen atoms in total. The molecule has 5 rings (SSSR count). The van der Waals surface area contributed by atoms with Gasteiger partial charge in [-0.3, -0.25) is 4.79 Å². The Morgan fingerprint density at radius 3 is 2.45 bits per heavy atom. The van der Waals surface area contributed by atoms with Crippen LogP contribution in [-0.4, -0.2) is 9.97 Å². The molecule has 0 aliphatic carbocycles. The SMILES string of the molecule is Cc1c(-c2cc(-c3ccccc3)c3cc(Cl)ccc3n2)c(=O)[nH]c2ccccc12. The third-order valence-electron chi connectivity index (χ3n) is 5.29. The summed E-state index contributed by atoms with van der Waals surface area (Å²) in [5.41, 5.74) is 5.72. The van der Waals surface area contributed by atoms with Gasteiger partial charge in [-0.15, -0.1) is 0 Å². The number of para-hydroxylation sites is 1. The highest BCUT2D eigenvalue weighted by atomic mass is 35.5. The average Bonchev–Trinajstić information content (AvgIpc) is 2.74. The zero-order valence-electron chi connectivity index (χ0n) is 15.7. The van der Waals surface area contributed by atoms with Gasteiger partial charge in [-0.05, 0) is 53.9 Å². The molecule has 140 valence electrons. The fourth-order valence-corrected chi connectivity index (χ4v) is 4.07. The van der Waals surface area contributed by atoms with Gasteiger partial charge in [0.15, 0.2) is 0 Å². The summed E-state index contributed by atoms with van der Waals surface area (Å²) in [7, 11) is 0. The monoisotopic (exact) mass is 396 g/mol. The quantitative estimate of drug-likeness (QED) is 0.376. The summed E-state index contributed by atoms with van der Waals surface area (Å²) in [6.07, 6.45) is 0. The van der Waals surface area contributed by atoms with Crippen molar-refractivity contribution in [2.75, 3.05) is 0 Å². The Bertz CT molecular complexity index is 1440. The lowest BCUT2D eigenvalue weighted by atomic mass is 9.96. The fraction of sp³-hybridized carbons (Fsp3) is 0.0400. The van der Waals surface area contributed by atoms with Crippen LogP contribution in [0, 0.1) is 6.92 Å². The van der Waals surface area contributed by atoms with E-state index in [9.17, 15) is 4.79 Å². The van der Waals surface area contributed by atoms with Gasteiger partial charge in [-0.1, -0.05) is 60.1 Å². The topological polar surface area (TPSA) is 45.8 Å². The number of benzene rings is 3. The third-order valence-corrected chi connectivity index (χ3v) is 5.53. The van der Waals surface area contributed by atoms with E-state index >= 15 is 0 Å². The summed E-state index contributed by atoms with van der Waals surface area (Å²) in [6.45, 7) is 1.98. The number of nitrogens with one attached hydrogen (secondary N) is 1. The van der Waals surface area contributed by atoms with Gasteiger partial charge in [0.05, 0.1) is 16.8 Å². The van der Waals surface area contributed by atoms with Crippen LogP contribution in [0.5, 0.6) is 0 Å². The van der Waals surface area contributed by atoms with Crippen molar-refractivity contribution in [3.05, 3.63) is 99.8 Å². The minimum absolute atomic E-state index is 0.138. The highest BCUT2D eigenvalue weighted by molar-refractivity contribution is 6.31. The summed E-state index contributed by atoms with van der Waals surface area (Å²) in [5, 5.41) is 2.63. The first-order chi connectivity index (χ1) is 14.1. The molecule has 1 N–H and O–H groups in total. The van der Waals surface area contributed by atoms with Crippen LogP contribution < -0.4 is 5.56 Å². The summed E-state index contributed by atoms with van der Waals surface area (Å²) in [6, 6.07) is 25.6. The molecule has 0 radical (unpaired) electrons. The Hall–Kier alpha value is -3.43. The molecule has 0 saturated carbocycles. The molecular weight excluding hydrogens is 380 g/mol. The molecule has 5 aromatic rings. The van der Waals surface area contributed by atoms with Crippen molar-refractivity contribution in [3.63, 3.8) is 0 Å². The number of hydrogen-bond donors (Lipinski definition) is 1. The smallest absolute Gasteiger partial charge is 0.258 e. The molecule has 0 amide bonds. The van der Waals surface area contributed by atoms with Gasteiger partial charge in [-0.2, -0.15) is 0 Å². The summed E-state index contributed by atoms with van der Waals surface area (Å²) in [4.78, 5) is 20.8. The van der Waals surface area contributed by atoms with Crippen molar-refractivity contribution >= 4 is 33.4 Å². The molecule has 0 unspecified atom stereocenters.